The van der Waals surface area contributed by atoms with Crippen LogP contribution in [-0.2, 0) is 11.2 Å². The number of anilines is 1. The molecular weight excluding hydrogens is 340 g/mol. The van der Waals surface area contributed by atoms with Crippen LogP contribution < -0.4 is 11.1 Å². The molecule has 2 rings (SSSR count). The molecule has 2 aromatic rings. The van der Waals surface area contributed by atoms with E-state index < -0.39 is 6.04 Å². The van der Waals surface area contributed by atoms with Crippen molar-refractivity contribution in [2.24, 2.45) is 5.73 Å². The van der Waals surface area contributed by atoms with Gasteiger partial charge in [-0.05, 0) is 46.1 Å². The van der Waals surface area contributed by atoms with Gasteiger partial charge in [0.05, 0.1) is 11.1 Å². The van der Waals surface area contributed by atoms with Crippen molar-refractivity contribution >= 4 is 39.1 Å². The molecule has 0 aliphatic heterocycles. The van der Waals surface area contributed by atoms with Crippen molar-refractivity contribution in [3.8, 4) is 0 Å². The smallest absolute Gasteiger partial charge is 0.241 e. The van der Waals surface area contributed by atoms with Gasteiger partial charge in [-0.3, -0.25) is 4.79 Å². The predicted octanol–water partition coefficient (Wildman–Crippen LogP) is 3.61. The maximum Gasteiger partial charge on any atom is 0.241 e. The molecule has 0 radical (unpaired) electrons. The molecule has 104 valence electrons. The molecule has 0 spiro atoms. The highest BCUT2D eigenvalue weighted by molar-refractivity contribution is 9.10. The van der Waals surface area contributed by atoms with Crippen molar-refractivity contribution in [2.75, 3.05) is 5.32 Å². The van der Waals surface area contributed by atoms with E-state index in [2.05, 4.69) is 21.2 Å². The van der Waals surface area contributed by atoms with E-state index in [9.17, 15) is 4.79 Å². The summed E-state index contributed by atoms with van der Waals surface area (Å²) in [5.74, 6) is -0.229. The minimum Gasteiger partial charge on any atom is -0.325 e. The number of halogens is 2. The van der Waals surface area contributed by atoms with Gasteiger partial charge in [0.2, 0.25) is 5.91 Å². The second kappa shape index (κ2) is 6.88. The first-order valence-corrected chi connectivity index (χ1v) is 7.29. The number of hydrogen-bond donors (Lipinski definition) is 2. The number of carbonyl (C=O) groups excluding carboxylic acids is 1. The summed E-state index contributed by atoms with van der Waals surface area (Å²) >= 11 is 9.28. The monoisotopic (exact) mass is 352 g/mol. The molecule has 0 bridgehead atoms. The van der Waals surface area contributed by atoms with Crippen LogP contribution in [0.4, 0.5) is 5.69 Å². The summed E-state index contributed by atoms with van der Waals surface area (Å²) in [5, 5.41) is 3.30. The Kier molecular flexibility index (Phi) is 5.17. The van der Waals surface area contributed by atoms with E-state index in [1.54, 1.807) is 18.2 Å². The molecule has 0 saturated carbocycles. The van der Waals surface area contributed by atoms with Crippen LogP contribution in [0.5, 0.6) is 0 Å². The lowest BCUT2D eigenvalue weighted by Crippen LogP contribution is -2.37. The summed E-state index contributed by atoms with van der Waals surface area (Å²) in [5.41, 5.74) is 7.57. The van der Waals surface area contributed by atoms with Crippen LogP contribution in [0.15, 0.2) is 53.0 Å². The van der Waals surface area contributed by atoms with Gasteiger partial charge in [-0.1, -0.05) is 41.9 Å². The Morgan fingerprint density at radius 2 is 1.95 bits per heavy atom. The molecule has 1 amide bonds. The molecule has 3 N–H and O–H groups in total. The van der Waals surface area contributed by atoms with E-state index in [1.807, 2.05) is 30.3 Å². The minimum absolute atomic E-state index is 0.229. The molecule has 0 heterocycles. The molecule has 1 atom stereocenters. The Morgan fingerprint density at radius 3 is 2.60 bits per heavy atom. The highest BCUT2D eigenvalue weighted by Gasteiger charge is 2.14. The van der Waals surface area contributed by atoms with Crippen molar-refractivity contribution in [1.29, 1.82) is 0 Å². The van der Waals surface area contributed by atoms with Crippen LogP contribution in [0.3, 0.4) is 0 Å². The van der Waals surface area contributed by atoms with E-state index in [4.69, 9.17) is 17.3 Å². The first kappa shape index (κ1) is 15.0. The number of rotatable bonds is 4. The number of nitrogens with two attached hydrogens (primary N) is 1. The van der Waals surface area contributed by atoms with Gasteiger partial charge in [0, 0.05) is 10.2 Å². The lowest BCUT2D eigenvalue weighted by atomic mass is 10.1. The fraction of sp³-hybridized carbons (Fsp3) is 0.133. The molecular formula is C15H14BrClN2O. The SMILES string of the molecule is N[C@H](Cc1ccccc1)C(=O)Nc1ccc(Br)c(Cl)c1. The third-order valence-corrected chi connectivity index (χ3v) is 4.05. The summed E-state index contributed by atoms with van der Waals surface area (Å²) in [6.45, 7) is 0. The summed E-state index contributed by atoms with van der Waals surface area (Å²) in [6.07, 6.45) is 0.497. The third-order valence-electron chi connectivity index (χ3n) is 2.82. The van der Waals surface area contributed by atoms with Gasteiger partial charge in [-0.25, -0.2) is 0 Å². The van der Waals surface area contributed by atoms with Crippen molar-refractivity contribution in [3.63, 3.8) is 0 Å². The van der Waals surface area contributed by atoms with E-state index in [1.165, 1.54) is 0 Å². The highest BCUT2D eigenvalue weighted by Crippen LogP contribution is 2.25. The van der Waals surface area contributed by atoms with Gasteiger partial charge < -0.3 is 11.1 Å². The standard InChI is InChI=1S/C15H14BrClN2O/c16-12-7-6-11(9-13(12)17)19-15(20)14(18)8-10-4-2-1-3-5-10/h1-7,9,14H,8,18H2,(H,19,20)/t14-/m1/s1. The fourth-order valence-corrected chi connectivity index (χ4v) is 2.20. The average molecular weight is 354 g/mol. The van der Waals surface area contributed by atoms with Gasteiger partial charge in [-0.15, -0.1) is 0 Å². The molecule has 2 aromatic carbocycles. The van der Waals surface area contributed by atoms with Crippen molar-refractivity contribution in [1.82, 2.24) is 0 Å². The van der Waals surface area contributed by atoms with Crippen molar-refractivity contribution < 1.29 is 4.79 Å². The van der Waals surface area contributed by atoms with E-state index >= 15 is 0 Å². The first-order valence-electron chi connectivity index (χ1n) is 6.11. The second-order valence-electron chi connectivity index (χ2n) is 4.41. The highest BCUT2D eigenvalue weighted by atomic mass is 79.9. The van der Waals surface area contributed by atoms with Crippen LogP contribution in [0.25, 0.3) is 0 Å². The number of amides is 1. The summed E-state index contributed by atoms with van der Waals surface area (Å²) in [4.78, 5) is 12.0. The summed E-state index contributed by atoms with van der Waals surface area (Å²) in [7, 11) is 0. The Balaban J connectivity index is 1.99. The van der Waals surface area contributed by atoms with Gasteiger partial charge in [0.15, 0.2) is 0 Å². The van der Waals surface area contributed by atoms with Crippen LogP contribution in [0.1, 0.15) is 5.56 Å². The molecule has 0 unspecified atom stereocenters. The van der Waals surface area contributed by atoms with Crippen LogP contribution in [0, 0.1) is 0 Å². The molecule has 0 saturated heterocycles. The maximum atomic E-state index is 12.0. The Labute approximate surface area is 131 Å². The number of carbonyl (C=O) groups is 1. The largest absolute Gasteiger partial charge is 0.325 e. The molecule has 20 heavy (non-hydrogen) atoms. The number of benzene rings is 2. The quantitative estimate of drug-likeness (QED) is 0.882. The molecule has 0 fully saturated rings. The zero-order valence-electron chi connectivity index (χ0n) is 10.6. The van der Waals surface area contributed by atoms with Crippen molar-refractivity contribution in [3.05, 3.63) is 63.6 Å². The molecule has 0 aliphatic rings. The molecule has 0 aromatic heterocycles. The van der Waals surface area contributed by atoms with Gasteiger partial charge >= 0.3 is 0 Å². The van der Waals surface area contributed by atoms with Crippen molar-refractivity contribution in [2.45, 2.75) is 12.5 Å². The topological polar surface area (TPSA) is 55.1 Å². The normalized spacial score (nSPS) is 11.9. The predicted molar refractivity (Wildman–Crippen MR) is 85.9 cm³/mol. The number of hydrogen-bond acceptors (Lipinski definition) is 2. The minimum atomic E-state index is -0.597. The zero-order chi connectivity index (χ0) is 14.5. The van der Waals surface area contributed by atoms with E-state index in [-0.39, 0.29) is 5.91 Å². The Morgan fingerprint density at radius 1 is 1.25 bits per heavy atom. The fourth-order valence-electron chi connectivity index (χ4n) is 1.77. The lowest BCUT2D eigenvalue weighted by molar-refractivity contribution is -0.117. The Bertz CT molecular complexity index is 604. The van der Waals surface area contributed by atoms with E-state index in [0.717, 1.165) is 10.0 Å². The molecule has 0 aliphatic carbocycles. The average Bonchev–Trinajstić information content (AvgIpc) is 2.44. The van der Waals surface area contributed by atoms with Gasteiger partial charge in [-0.2, -0.15) is 0 Å². The Hall–Kier alpha value is -1.36. The van der Waals surface area contributed by atoms with E-state index in [0.29, 0.717) is 17.1 Å². The zero-order valence-corrected chi connectivity index (χ0v) is 13.0. The van der Waals surface area contributed by atoms with Crippen LogP contribution in [0.2, 0.25) is 5.02 Å². The van der Waals surface area contributed by atoms with Crippen LogP contribution in [-0.4, -0.2) is 11.9 Å². The first-order chi connectivity index (χ1) is 9.56. The second-order valence-corrected chi connectivity index (χ2v) is 5.68. The summed E-state index contributed by atoms with van der Waals surface area (Å²) < 4.78 is 0.783. The lowest BCUT2D eigenvalue weighted by Gasteiger charge is -2.12. The molecule has 3 nitrogen and oxygen atoms in total. The maximum absolute atomic E-state index is 12.0. The van der Waals surface area contributed by atoms with Gasteiger partial charge in [0.1, 0.15) is 0 Å². The third kappa shape index (κ3) is 4.07. The van der Waals surface area contributed by atoms with Gasteiger partial charge in [0.25, 0.3) is 0 Å². The summed E-state index contributed by atoms with van der Waals surface area (Å²) in [6, 6.07) is 14.3. The number of nitrogens with one attached hydrogen (secondary N) is 1. The molecule has 5 heteroatoms. The van der Waals surface area contributed by atoms with Crippen LogP contribution >= 0.6 is 27.5 Å².